The molecule has 50 heteroatoms. The molecule has 18 unspecified atom stereocenters. The summed E-state index contributed by atoms with van der Waals surface area (Å²) >= 11 is 0. The van der Waals surface area contributed by atoms with E-state index in [1.807, 2.05) is 40.0 Å². The molecular formula is C26H76O30Si20. The van der Waals surface area contributed by atoms with Crippen molar-refractivity contribution in [3.8, 4) is 0 Å². The number of rotatable bonds is 4. The third kappa shape index (κ3) is 13.9. The maximum atomic E-state index is 7.14. The van der Waals surface area contributed by atoms with Crippen LogP contribution >= 0.6 is 0 Å². The molecule has 0 aromatic heterocycles. The first-order valence-corrected chi connectivity index (χ1v) is 70.5. The van der Waals surface area contributed by atoms with Crippen LogP contribution in [-0.2, 0) is 124 Å². The van der Waals surface area contributed by atoms with Crippen LogP contribution in [0.25, 0.3) is 0 Å². The Kier molecular flexibility index (Phi) is 16.2. The maximum Gasteiger partial charge on any atom is 0.482 e. The summed E-state index contributed by atoms with van der Waals surface area (Å²) in [4.78, 5) is 0. The van der Waals surface area contributed by atoms with E-state index in [1.165, 1.54) is 0 Å². The molecule has 0 saturated carbocycles. The predicted molar refractivity (Wildman–Crippen MR) is 298 cm³/mol. The van der Waals surface area contributed by atoms with Gasteiger partial charge in [-0.2, -0.15) is 0 Å². The van der Waals surface area contributed by atoms with Crippen molar-refractivity contribution in [3.63, 3.8) is 0 Å². The zero-order valence-corrected chi connectivity index (χ0v) is 67.7. The van der Waals surface area contributed by atoms with Crippen molar-refractivity contribution in [2.45, 2.75) is 158 Å². The van der Waals surface area contributed by atoms with Gasteiger partial charge in [-0.25, -0.2) is 0 Å². The molecule has 0 amide bonds. The second-order valence-electron chi connectivity index (χ2n) is 22.0. The molecule has 9 fully saturated rings. The molecule has 30 nitrogen and oxygen atoms in total. The van der Waals surface area contributed by atoms with Crippen LogP contribution in [0, 0.1) is 0 Å². The third-order valence-electron chi connectivity index (χ3n) is 11.4. The lowest BCUT2D eigenvalue weighted by atomic mass is 10.9. The van der Waals surface area contributed by atoms with E-state index in [1.54, 1.807) is 118 Å². The molecule has 9 aliphatic heterocycles. The summed E-state index contributed by atoms with van der Waals surface area (Å²) in [5, 5.41) is 0. The van der Waals surface area contributed by atoms with Crippen molar-refractivity contribution >= 4 is 176 Å². The van der Waals surface area contributed by atoms with Crippen LogP contribution in [0.1, 0.15) is 13.8 Å². The van der Waals surface area contributed by atoms with Crippen molar-refractivity contribution < 1.29 is 124 Å². The first kappa shape index (κ1) is 63.6. The van der Waals surface area contributed by atoms with Gasteiger partial charge in [-0.15, -0.1) is 0 Å². The van der Waals surface area contributed by atoms with Crippen molar-refractivity contribution in [2.24, 2.45) is 0 Å². The van der Waals surface area contributed by atoms with E-state index < -0.39 is 176 Å². The number of fused-ring (bicyclic) bond motifs is 16. The topological polar surface area (TPSA) is 277 Å². The summed E-state index contributed by atoms with van der Waals surface area (Å²) in [6.45, 7) is 41.8. The molecule has 18 atom stereocenters. The minimum absolute atomic E-state index is 0.245. The monoisotopic (exact) mass is 1430 g/mol. The summed E-state index contributed by atoms with van der Waals surface area (Å²) in [6.07, 6.45) is 0. The quantitative estimate of drug-likeness (QED) is 0.355. The zero-order valence-electron chi connectivity index (χ0n) is 47.7. The van der Waals surface area contributed by atoms with Gasteiger partial charge < -0.3 is 124 Å². The lowest BCUT2D eigenvalue weighted by Gasteiger charge is -2.58. The molecule has 0 spiro atoms. The number of hydrogen-bond acceptors (Lipinski definition) is 30. The lowest BCUT2D eigenvalue weighted by Crippen LogP contribution is -2.84. The summed E-state index contributed by atoms with van der Waals surface area (Å²) in [5.41, 5.74) is 0. The molecular weight excluding hydrogens is 1350 g/mol. The molecule has 9 aliphatic rings. The molecule has 440 valence electrons. The van der Waals surface area contributed by atoms with Crippen molar-refractivity contribution in [3.05, 3.63) is 0 Å². The maximum absolute atomic E-state index is 7.14. The molecule has 0 N–H and O–H groups in total. The van der Waals surface area contributed by atoms with Crippen LogP contribution in [0.15, 0.2) is 0 Å². The van der Waals surface area contributed by atoms with E-state index in [0.717, 1.165) is 0 Å². The first-order chi connectivity index (χ1) is 33.9. The first-order valence-electron chi connectivity index (χ1n) is 24.8. The molecule has 9 saturated heterocycles. The summed E-state index contributed by atoms with van der Waals surface area (Å²) in [6, 6.07) is 0. The van der Waals surface area contributed by atoms with Crippen LogP contribution in [0.2, 0.25) is 144 Å². The standard InChI is InChI=1S/C26H76O30Si20/c1-25-27-59(7)32-60(8,28-26-2)34-64(12)38-63(11,33-59)39-67(15)44-68(16,40-64)46-72(20)50-71(19,45-67)51-75(23)54-73(21)48-69(17)42-65(13)36-61(9)30-57(3,4)29-58(5,6)31-62(10,35-61)37-66(14,41-65)43-70(18,47-69)49-74(22,53-73)55-76(24,52-72)56-75/h25-26H2,1-24H3. The van der Waals surface area contributed by atoms with E-state index >= 15 is 0 Å². The van der Waals surface area contributed by atoms with Gasteiger partial charge in [-0.1, -0.05) is 0 Å². The molecule has 9 rings (SSSR count). The number of hydrogen-bond donors (Lipinski definition) is 0. The van der Waals surface area contributed by atoms with E-state index in [-0.39, 0.29) is 13.2 Å². The smallest absolute Gasteiger partial charge is 0.416 e. The zero-order chi connectivity index (χ0) is 56.6. The van der Waals surface area contributed by atoms with Gasteiger partial charge in [0.25, 0.3) is 0 Å². The molecule has 76 heavy (non-hydrogen) atoms. The molecule has 0 radical (unpaired) electrons. The van der Waals surface area contributed by atoms with Crippen molar-refractivity contribution in [1.82, 2.24) is 0 Å². The average Bonchev–Trinajstić information content (AvgIpc) is 3.00. The van der Waals surface area contributed by atoms with E-state index in [0.29, 0.717) is 0 Å². The second kappa shape index (κ2) is 19.3. The highest BCUT2D eigenvalue weighted by molar-refractivity contribution is 7.03. The fourth-order valence-electron chi connectivity index (χ4n) is 11.6. The van der Waals surface area contributed by atoms with Gasteiger partial charge >= 0.3 is 176 Å². The molecule has 0 aromatic rings. The summed E-state index contributed by atoms with van der Waals surface area (Å²) in [7, 11) is -80.3. The van der Waals surface area contributed by atoms with Gasteiger partial charge in [0.05, 0.1) is 0 Å². The lowest BCUT2D eigenvalue weighted by molar-refractivity contribution is -0.000670. The Balaban J connectivity index is 1.12. The van der Waals surface area contributed by atoms with Gasteiger partial charge in [0.2, 0.25) is 0 Å². The average molecular weight is 1430 g/mol. The predicted octanol–water partition coefficient (Wildman–Crippen LogP) is 4.29. The minimum Gasteiger partial charge on any atom is -0.416 e. The Morgan fingerprint density at radius 2 is 0.303 bits per heavy atom. The van der Waals surface area contributed by atoms with Crippen molar-refractivity contribution in [2.75, 3.05) is 13.2 Å². The Labute approximate surface area is 467 Å². The summed E-state index contributed by atoms with van der Waals surface area (Å²) < 4.78 is 208. The summed E-state index contributed by atoms with van der Waals surface area (Å²) in [5.74, 6) is 0. The Hall–Kier alpha value is 3.14. The highest BCUT2D eigenvalue weighted by atomic mass is 28.6. The fourth-order valence-corrected chi connectivity index (χ4v) is 121. The fraction of sp³-hybridized carbons (Fsp3) is 1.00. The van der Waals surface area contributed by atoms with Gasteiger partial charge in [-0.3, -0.25) is 0 Å². The third-order valence-corrected chi connectivity index (χ3v) is 98.1. The Morgan fingerprint density at radius 1 is 0.171 bits per heavy atom. The van der Waals surface area contributed by atoms with E-state index in [9.17, 15) is 0 Å². The van der Waals surface area contributed by atoms with E-state index in [4.69, 9.17) is 124 Å². The van der Waals surface area contributed by atoms with Crippen LogP contribution < -0.4 is 0 Å². The van der Waals surface area contributed by atoms with Gasteiger partial charge in [0.1, 0.15) is 0 Å². The Bertz CT molecular complexity index is 2170. The van der Waals surface area contributed by atoms with E-state index in [2.05, 4.69) is 0 Å². The molecule has 0 aromatic carbocycles. The van der Waals surface area contributed by atoms with Crippen LogP contribution in [0.5, 0.6) is 0 Å². The second-order valence-corrected chi connectivity index (χ2v) is 82.1. The SMILES string of the molecule is CCO[Si]1(C)O[Si](C)(OCC)O[Si]2(C)O[Si](C)(O1)O[Si]1(C)O[Si](C)(O2)O[Si]2(C)O[Si](C)(O1)O[Si]1(C)O[Si]3(C)O[Si]4(C)O[Si]5(C)O[Si]6(C)O[Si](C)(C)O[Si](C)(C)O[Si](C)(O6)O[Si](C)(O5)O[Si](C)(O4)O[Si](C)(O3)O[Si](C)(O2)O1. The van der Waals surface area contributed by atoms with Crippen LogP contribution in [0.4, 0.5) is 0 Å². The molecule has 9 heterocycles. The highest BCUT2D eigenvalue weighted by Crippen LogP contribution is 2.49. The van der Waals surface area contributed by atoms with Gasteiger partial charge in [-0.05, 0) is 40.0 Å². The largest absolute Gasteiger partial charge is 0.482 e. The molecule has 0 aliphatic carbocycles. The normalized spacial score (nSPS) is 58.4. The Morgan fingerprint density at radius 3 is 0.447 bits per heavy atom. The van der Waals surface area contributed by atoms with Crippen LogP contribution in [-0.4, -0.2) is 189 Å². The van der Waals surface area contributed by atoms with Crippen molar-refractivity contribution in [1.29, 1.82) is 0 Å². The highest BCUT2D eigenvalue weighted by Gasteiger charge is 2.79. The van der Waals surface area contributed by atoms with Gasteiger partial charge in [0.15, 0.2) is 0 Å². The minimum atomic E-state index is -4.35. The molecule has 16 bridgehead atoms. The van der Waals surface area contributed by atoms with Gasteiger partial charge in [0, 0.05) is 131 Å². The van der Waals surface area contributed by atoms with Crippen LogP contribution in [0.3, 0.4) is 0 Å².